The van der Waals surface area contributed by atoms with Crippen LogP contribution in [-0.2, 0) is 0 Å². The Hall–Kier alpha value is -2.57. The first-order chi connectivity index (χ1) is 7.59. The largest absolute Gasteiger partial charge is 0.502 e. The standard InChI is InChI=1S/C9H7N3O4/c10-6-4-11-16-9(6)5-1-2-7(12(14)15)8(13)3-5/h1-4,13H,10H2. The molecule has 2 aromatic rings. The van der Waals surface area contributed by atoms with E-state index in [0.717, 1.165) is 0 Å². The fourth-order valence-corrected chi connectivity index (χ4v) is 1.29. The van der Waals surface area contributed by atoms with E-state index in [9.17, 15) is 15.2 Å². The number of hydrogen-bond donors (Lipinski definition) is 2. The van der Waals surface area contributed by atoms with E-state index in [1.54, 1.807) is 0 Å². The number of nitrogens with zero attached hydrogens (tertiary/aromatic N) is 2. The lowest BCUT2D eigenvalue weighted by Crippen LogP contribution is -1.89. The third-order valence-electron chi connectivity index (χ3n) is 2.03. The Morgan fingerprint density at radius 2 is 2.25 bits per heavy atom. The van der Waals surface area contributed by atoms with E-state index in [2.05, 4.69) is 5.16 Å². The zero-order chi connectivity index (χ0) is 11.7. The van der Waals surface area contributed by atoms with Crippen molar-refractivity contribution in [3.05, 3.63) is 34.5 Å². The molecular formula is C9H7N3O4. The molecule has 7 heteroatoms. The van der Waals surface area contributed by atoms with Crippen LogP contribution in [0.25, 0.3) is 11.3 Å². The van der Waals surface area contributed by atoms with Crippen molar-refractivity contribution in [2.45, 2.75) is 0 Å². The van der Waals surface area contributed by atoms with E-state index in [-0.39, 0.29) is 11.4 Å². The highest BCUT2D eigenvalue weighted by atomic mass is 16.6. The van der Waals surface area contributed by atoms with Crippen LogP contribution in [0.3, 0.4) is 0 Å². The molecule has 0 aliphatic rings. The number of aromatic nitrogens is 1. The molecule has 82 valence electrons. The average molecular weight is 221 g/mol. The maximum absolute atomic E-state index is 10.5. The van der Waals surface area contributed by atoms with Gasteiger partial charge >= 0.3 is 5.69 Å². The number of anilines is 1. The number of nitrogens with two attached hydrogens (primary N) is 1. The van der Waals surface area contributed by atoms with Gasteiger partial charge in [0.05, 0.1) is 11.1 Å². The lowest BCUT2D eigenvalue weighted by molar-refractivity contribution is -0.385. The van der Waals surface area contributed by atoms with Crippen LogP contribution >= 0.6 is 0 Å². The molecule has 0 aliphatic carbocycles. The van der Waals surface area contributed by atoms with Crippen LogP contribution in [0.2, 0.25) is 0 Å². The van der Waals surface area contributed by atoms with Crippen LogP contribution < -0.4 is 5.73 Å². The van der Waals surface area contributed by atoms with Gasteiger partial charge in [-0.25, -0.2) is 0 Å². The molecule has 2 rings (SSSR count). The van der Waals surface area contributed by atoms with Crippen LogP contribution in [0, 0.1) is 10.1 Å². The van der Waals surface area contributed by atoms with Gasteiger partial charge in [-0.15, -0.1) is 0 Å². The summed E-state index contributed by atoms with van der Waals surface area (Å²) < 4.78 is 4.85. The Morgan fingerprint density at radius 3 is 2.75 bits per heavy atom. The van der Waals surface area contributed by atoms with E-state index in [4.69, 9.17) is 10.3 Å². The normalized spacial score (nSPS) is 10.2. The molecule has 3 N–H and O–H groups in total. The maximum Gasteiger partial charge on any atom is 0.310 e. The number of phenolic OH excluding ortho intramolecular Hbond substituents is 1. The number of nitrogen functional groups attached to an aromatic ring is 1. The summed E-state index contributed by atoms with van der Waals surface area (Å²) in [6.07, 6.45) is 1.31. The summed E-state index contributed by atoms with van der Waals surface area (Å²) in [5, 5.41) is 23.3. The Balaban J connectivity index is 2.50. The van der Waals surface area contributed by atoms with E-state index in [0.29, 0.717) is 11.3 Å². The molecule has 0 atom stereocenters. The zero-order valence-electron chi connectivity index (χ0n) is 7.95. The average Bonchev–Trinajstić information content (AvgIpc) is 2.63. The van der Waals surface area contributed by atoms with Crippen molar-refractivity contribution in [2.24, 2.45) is 0 Å². The second kappa shape index (κ2) is 3.54. The second-order valence-corrected chi connectivity index (χ2v) is 3.07. The fraction of sp³-hybridized carbons (Fsp3) is 0. The highest BCUT2D eigenvalue weighted by Crippen LogP contribution is 2.33. The first kappa shape index (κ1) is 9.97. The summed E-state index contributed by atoms with van der Waals surface area (Å²) in [4.78, 5) is 9.79. The number of benzene rings is 1. The van der Waals surface area contributed by atoms with Gasteiger partial charge in [0.1, 0.15) is 5.69 Å². The summed E-state index contributed by atoms with van der Waals surface area (Å²) >= 11 is 0. The number of hydrogen-bond acceptors (Lipinski definition) is 6. The van der Waals surface area contributed by atoms with E-state index in [1.165, 1.54) is 24.4 Å². The fourth-order valence-electron chi connectivity index (χ4n) is 1.29. The van der Waals surface area contributed by atoms with Gasteiger partial charge in [0.25, 0.3) is 0 Å². The van der Waals surface area contributed by atoms with Crippen LogP contribution in [0.1, 0.15) is 0 Å². The van der Waals surface area contributed by atoms with Gasteiger partial charge in [-0.2, -0.15) is 0 Å². The van der Waals surface area contributed by atoms with Gasteiger partial charge in [0, 0.05) is 11.6 Å². The molecule has 0 fully saturated rings. The summed E-state index contributed by atoms with van der Waals surface area (Å²) in [6, 6.07) is 3.80. The molecule has 1 aromatic heterocycles. The highest BCUT2D eigenvalue weighted by molar-refractivity contribution is 5.72. The predicted octanol–water partition coefficient (Wildman–Crippen LogP) is 1.54. The number of nitro benzene ring substituents is 1. The minimum atomic E-state index is -0.678. The van der Waals surface area contributed by atoms with Gasteiger partial charge < -0.3 is 15.4 Å². The van der Waals surface area contributed by atoms with Crippen molar-refractivity contribution in [1.82, 2.24) is 5.16 Å². The van der Waals surface area contributed by atoms with Gasteiger partial charge in [-0.05, 0) is 12.1 Å². The Labute approximate surface area is 89.2 Å². The molecule has 16 heavy (non-hydrogen) atoms. The van der Waals surface area contributed by atoms with Gasteiger partial charge in [0.2, 0.25) is 0 Å². The predicted molar refractivity (Wildman–Crippen MR) is 54.7 cm³/mol. The third-order valence-corrected chi connectivity index (χ3v) is 2.03. The molecule has 0 bridgehead atoms. The van der Waals surface area contributed by atoms with Crippen molar-refractivity contribution in [3.63, 3.8) is 0 Å². The van der Waals surface area contributed by atoms with Crippen molar-refractivity contribution in [2.75, 3.05) is 5.73 Å². The van der Waals surface area contributed by atoms with Crippen molar-refractivity contribution < 1.29 is 14.6 Å². The van der Waals surface area contributed by atoms with E-state index in [1.807, 2.05) is 0 Å². The van der Waals surface area contributed by atoms with E-state index < -0.39 is 10.7 Å². The molecule has 0 amide bonds. The third kappa shape index (κ3) is 1.54. The molecule has 0 saturated carbocycles. The van der Waals surface area contributed by atoms with Crippen LogP contribution in [0.15, 0.2) is 28.9 Å². The van der Waals surface area contributed by atoms with Gasteiger partial charge in [-0.1, -0.05) is 5.16 Å². The first-order valence-electron chi connectivity index (χ1n) is 4.27. The van der Waals surface area contributed by atoms with Crippen LogP contribution in [0.4, 0.5) is 11.4 Å². The zero-order valence-corrected chi connectivity index (χ0v) is 7.95. The molecule has 7 nitrogen and oxygen atoms in total. The van der Waals surface area contributed by atoms with Crippen molar-refractivity contribution >= 4 is 11.4 Å². The Kier molecular flexibility index (Phi) is 2.20. The maximum atomic E-state index is 10.5. The first-order valence-corrected chi connectivity index (χ1v) is 4.27. The summed E-state index contributed by atoms with van der Waals surface area (Å²) in [5.74, 6) is -0.177. The molecule has 1 heterocycles. The molecular weight excluding hydrogens is 214 g/mol. The second-order valence-electron chi connectivity index (χ2n) is 3.07. The molecule has 0 saturated heterocycles. The number of nitro groups is 1. The lowest BCUT2D eigenvalue weighted by atomic mass is 10.1. The molecule has 0 aliphatic heterocycles. The minimum absolute atomic E-state index is 0.269. The SMILES string of the molecule is Nc1cnoc1-c1ccc([N+](=O)[O-])c(O)c1. The summed E-state index contributed by atoms with van der Waals surface area (Å²) in [6.45, 7) is 0. The molecule has 1 aromatic carbocycles. The quantitative estimate of drug-likeness (QED) is 0.586. The monoisotopic (exact) mass is 221 g/mol. The minimum Gasteiger partial charge on any atom is -0.502 e. The topological polar surface area (TPSA) is 115 Å². The van der Waals surface area contributed by atoms with Gasteiger partial charge in [0.15, 0.2) is 11.5 Å². The molecule has 0 spiro atoms. The molecule has 0 unspecified atom stereocenters. The van der Waals surface area contributed by atoms with Crippen molar-refractivity contribution in [3.8, 4) is 17.1 Å². The Morgan fingerprint density at radius 1 is 1.50 bits per heavy atom. The van der Waals surface area contributed by atoms with Crippen LogP contribution in [0.5, 0.6) is 5.75 Å². The van der Waals surface area contributed by atoms with Crippen molar-refractivity contribution in [1.29, 1.82) is 0 Å². The summed E-state index contributed by atoms with van der Waals surface area (Å²) in [5.41, 5.74) is 5.90. The lowest BCUT2D eigenvalue weighted by Gasteiger charge is -1.99. The Bertz CT molecular complexity index is 549. The van der Waals surface area contributed by atoms with E-state index >= 15 is 0 Å². The number of phenols is 1. The highest BCUT2D eigenvalue weighted by Gasteiger charge is 2.16. The smallest absolute Gasteiger partial charge is 0.310 e. The number of rotatable bonds is 2. The van der Waals surface area contributed by atoms with Gasteiger partial charge in [-0.3, -0.25) is 10.1 Å². The number of aromatic hydroxyl groups is 1. The van der Waals surface area contributed by atoms with Crippen LogP contribution in [-0.4, -0.2) is 15.2 Å². The summed E-state index contributed by atoms with van der Waals surface area (Å²) in [7, 11) is 0. The molecule has 0 radical (unpaired) electrons.